The second-order valence-electron chi connectivity index (χ2n) is 6.74. The molecule has 6 nitrogen and oxygen atoms in total. The third-order valence-electron chi connectivity index (χ3n) is 4.59. The van der Waals surface area contributed by atoms with Crippen LogP contribution >= 0.6 is 95.6 Å². The van der Waals surface area contributed by atoms with Crippen LogP contribution in [0, 0.1) is 0 Å². The molecule has 172 valence electrons. The molecule has 0 atom stereocenters. The van der Waals surface area contributed by atoms with Crippen molar-refractivity contribution in [3.8, 4) is 11.5 Å². The van der Waals surface area contributed by atoms with Gasteiger partial charge in [-0.2, -0.15) is 0 Å². The lowest BCUT2D eigenvalue weighted by Gasteiger charge is -2.34. The Morgan fingerprint density at radius 2 is 0.906 bits per heavy atom. The first-order valence-corrected chi connectivity index (χ1v) is 14.0. The molecule has 1 aliphatic rings. The number of benzene rings is 2. The van der Waals surface area contributed by atoms with Gasteiger partial charge in [0.2, 0.25) is 0 Å². The van der Waals surface area contributed by atoms with Crippen LogP contribution in [0.15, 0.2) is 51.1 Å². The summed E-state index contributed by atoms with van der Waals surface area (Å²) in [5.41, 5.74) is 0. The van der Waals surface area contributed by atoms with E-state index in [4.69, 9.17) is 9.47 Å². The minimum atomic E-state index is -0.127. The van der Waals surface area contributed by atoms with E-state index in [2.05, 4.69) is 95.6 Å². The number of hydrogen-bond acceptors (Lipinski definition) is 4. The number of nitrogens with zero attached hydrogens (tertiary/aromatic N) is 2. The first-order valence-electron chi connectivity index (χ1n) is 9.26. The average Bonchev–Trinajstić information content (AvgIpc) is 2.72. The van der Waals surface area contributed by atoms with Gasteiger partial charge in [-0.05, 0) is 88.0 Å². The van der Waals surface area contributed by atoms with Crippen LogP contribution in [0.25, 0.3) is 0 Å². The zero-order valence-corrected chi connectivity index (χ0v) is 25.9. The highest BCUT2D eigenvalue weighted by atomic mass is 79.9. The summed E-state index contributed by atoms with van der Waals surface area (Å²) in [5.74, 6) is 0.881. The molecule has 2 aromatic rings. The molecule has 1 saturated heterocycles. The summed E-state index contributed by atoms with van der Waals surface area (Å²) < 4.78 is 16.2. The smallest absolute Gasteiger partial charge is 0.260 e. The number of carbonyl (C=O) groups excluding carboxylic acids is 2. The quantitative estimate of drug-likeness (QED) is 0.339. The van der Waals surface area contributed by atoms with E-state index < -0.39 is 0 Å². The fraction of sp³-hybridized carbons (Fsp3) is 0.300. The Balaban J connectivity index is 1.47. The van der Waals surface area contributed by atoms with Gasteiger partial charge in [0.05, 0.1) is 17.9 Å². The number of ether oxygens (including phenoxy) is 2. The molecular formula is C20H16Br6N2O4. The number of halogens is 6. The number of hydrogen-bond donors (Lipinski definition) is 0. The molecule has 3 rings (SSSR count). The summed E-state index contributed by atoms with van der Waals surface area (Å²) in [6.07, 6.45) is 0. The third-order valence-corrected chi connectivity index (χ3v) is 7.86. The van der Waals surface area contributed by atoms with Gasteiger partial charge in [-0.15, -0.1) is 0 Å². The zero-order valence-electron chi connectivity index (χ0n) is 16.3. The topological polar surface area (TPSA) is 59.1 Å². The first-order chi connectivity index (χ1) is 15.2. The second-order valence-corrected chi connectivity index (χ2v) is 12.0. The predicted octanol–water partition coefficient (Wildman–Crippen LogP) is 6.39. The number of rotatable bonds is 6. The van der Waals surface area contributed by atoms with Crippen LogP contribution in [0.3, 0.4) is 0 Å². The molecule has 1 heterocycles. The molecule has 0 spiro atoms. The standard InChI is InChI=1S/C20H16Br6N2O4/c21-11-5-13(23)19(14(24)6-11)31-9-17(29)27-1-2-28(4-3-27)18(30)10-32-20-15(25)7-12(22)8-16(20)26/h5-8H,1-4,9-10H2. The fourth-order valence-corrected chi connectivity index (χ4v) is 7.96. The molecular weight excluding hydrogens is 812 g/mol. The molecule has 32 heavy (non-hydrogen) atoms. The van der Waals surface area contributed by atoms with E-state index in [0.717, 1.165) is 26.8 Å². The average molecular weight is 828 g/mol. The minimum absolute atomic E-state index is 0.0818. The van der Waals surface area contributed by atoms with Crippen LogP contribution in [0.5, 0.6) is 11.5 Å². The monoisotopic (exact) mass is 822 g/mol. The summed E-state index contributed by atoms with van der Waals surface area (Å²) in [6, 6.07) is 7.40. The lowest BCUT2D eigenvalue weighted by atomic mass is 10.3. The SMILES string of the molecule is O=C(COc1c(Br)cc(Br)cc1Br)N1CCN(C(=O)COc2c(Br)cc(Br)cc2Br)CC1. The van der Waals surface area contributed by atoms with Gasteiger partial charge in [-0.25, -0.2) is 0 Å². The summed E-state index contributed by atoms with van der Waals surface area (Å²) in [5, 5.41) is 0. The highest BCUT2D eigenvalue weighted by molar-refractivity contribution is 9.12. The van der Waals surface area contributed by atoms with Crippen molar-refractivity contribution in [1.29, 1.82) is 0 Å². The van der Waals surface area contributed by atoms with Crippen LogP contribution in [-0.2, 0) is 9.59 Å². The molecule has 0 unspecified atom stereocenters. The Morgan fingerprint density at radius 3 is 1.19 bits per heavy atom. The van der Waals surface area contributed by atoms with E-state index in [0.29, 0.717) is 37.7 Å². The van der Waals surface area contributed by atoms with Crippen LogP contribution in [0.4, 0.5) is 0 Å². The van der Waals surface area contributed by atoms with Crippen molar-refractivity contribution < 1.29 is 19.1 Å². The summed E-state index contributed by atoms with van der Waals surface area (Å²) in [6.45, 7) is 1.62. The Kier molecular flexibility index (Phi) is 9.93. The van der Waals surface area contributed by atoms with Gasteiger partial charge in [-0.1, -0.05) is 31.9 Å². The van der Waals surface area contributed by atoms with Crippen molar-refractivity contribution in [2.45, 2.75) is 0 Å². The molecule has 1 fully saturated rings. The molecule has 0 radical (unpaired) electrons. The normalized spacial score (nSPS) is 13.8. The van der Waals surface area contributed by atoms with Gasteiger partial charge < -0.3 is 19.3 Å². The van der Waals surface area contributed by atoms with Gasteiger partial charge in [-0.3, -0.25) is 9.59 Å². The Hall–Kier alpha value is -0.140. The van der Waals surface area contributed by atoms with Gasteiger partial charge in [0, 0.05) is 35.1 Å². The van der Waals surface area contributed by atoms with Crippen molar-refractivity contribution in [2.24, 2.45) is 0 Å². The zero-order chi connectivity index (χ0) is 23.4. The minimum Gasteiger partial charge on any atom is -0.481 e. The summed E-state index contributed by atoms with van der Waals surface area (Å²) in [7, 11) is 0. The van der Waals surface area contributed by atoms with Crippen molar-refractivity contribution in [3.63, 3.8) is 0 Å². The van der Waals surface area contributed by atoms with E-state index in [9.17, 15) is 9.59 Å². The number of piperazine rings is 1. The van der Waals surface area contributed by atoms with Crippen molar-refractivity contribution in [3.05, 3.63) is 51.1 Å². The second kappa shape index (κ2) is 12.0. The van der Waals surface area contributed by atoms with E-state index in [1.165, 1.54) is 0 Å². The molecule has 0 N–H and O–H groups in total. The molecule has 0 saturated carbocycles. The van der Waals surface area contributed by atoms with E-state index in [1.54, 1.807) is 9.80 Å². The number of carbonyl (C=O) groups is 2. The third kappa shape index (κ3) is 6.94. The molecule has 2 amide bonds. The highest BCUT2D eigenvalue weighted by Gasteiger charge is 2.25. The largest absolute Gasteiger partial charge is 0.481 e. The van der Waals surface area contributed by atoms with E-state index >= 15 is 0 Å². The van der Waals surface area contributed by atoms with Gasteiger partial charge in [0.1, 0.15) is 11.5 Å². The fourth-order valence-electron chi connectivity index (χ4n) is 2.99. The maximum atomic E-state index is 12.6. The highest BCUT2D eigenvalue weighted by Crippen LogP contribution is 2.37. The predicted molar refractivity (Wildman–Crippen MR) is 143 cm³/mol. The van der Waals surface area contributed by atoms with Crippen LogP contribution in [0.1, 0.15) is 0 Å². The Labute approximate surface area is 236 Å². The molecule has 0 bridgehead atoms. The van der Waals surface area contributed by atoms with Crippen LogP contribution in [-0.4, -0.2) is 61.0 Å². The maximum Gasteiger partial charge on any atom is 0.260 e. The van der Waals surface area contributed by atoms with Crippen LogP contribution in [0.2, 0.25) is 0 Å². The van der Waals surface area contributed by atoms with E-state index in [1.807, 2.05) is 24.3 Å². The van der Waals surface area contributed by atoms with Crippen molar-refractivity contribution in [2.75, 3.05) is 39.4 Å². The van der Waals surface area contributed by atoms with E-state index in [-0.39, 0.29) is 25.0 Å². The molecule has 12 heteroatoms. The van der Waals surface area contributed by atoms with Gasteiger partial charge in [0.25, 0.3) is 11.8 Å². The molecule has 0 aliphatic carbocycles. The lowest BCUT2D eigenvalue weighted by Crippen LogP contribution is -2.52. The van der Waals surface area contributed by atoms with Crippen molar-refractivity contribution in [1.82, 2.24) is 9.80 Å². The van der Waals surface area contributed by atoms with Gasteiger partial charge in [0.15, 0.2) is 13.2 Å². The molecule has 0 aromatic heterocycles. The summed E-state index contributed by atoms with van der Waals surface area (Å²) in [4.78, 5) is 28.5. The molecule has 2 aromatic carbocycles. The Bertz CT molecular complexity index is 900. The summed E-state index contributed by atoms with van der Waals surface area (Å²) >= 11 is 20.6. The Morgan fingerprint density at radius 1 is 0.625 bits per heavy atom. The van der Waals surface area contributed by atoms with Crippen LogP contribution < -0.4 is 9.47 Å². The maximum absolute atomic E-state index is 12.6. The first kappa shape index (κ1) is 26.5. The van der Waals surface area contributed by atoms with Gasteiger partial charge >= 0.3 is 0 Å². The number of amides is 2. The van der Waals surface area contributed by atoms with Crippen molar-refractivity contribution >= 4 is 107 Å². The lowest BCUT2D eigenvalue weighted by molar-refractivity contribution is -0.141. The molecule has 1 aliphatic heterocycles.